The van der Waals surface area contributed by atoms with Crippen molar-refractivity contribution in [3.05, 3.63) is 35.9 Å². The Morgan fingerprint density at radius 1 is 1.16 bits per heavy atom. The summed E-state index contributed by atoms with van der Waals surface area (Å²) in [5.41, 5.74) is 9.09. The van der Waals surface area contributed by atoms with Gasteiger partial charge in [0.2, 0.25) is 5.91 Å². The first-order chi connectivity index (χ1) is 14.9. The maximum atomic E-state index is 13.0. The largest absolute Gasteiger partial charge is 0.480 e. The number of carbonyl (C=O) groups is 3. The molecule has 1 amide bonds. The Morgan fingerprint density at radius 2 is 1.84 bits per heavy atom. The lowest BCUT2D eigenvalue weighted by molar-refractivity contribution is -0.155. The van der Waals surface area contributed by atoms with Crippen LogP contribution < -0.4 is 16.5 Å². The van der Waals surface area contributed by atoms with E-state index in [9.17, 15) is 19.5 Å². The summed E-state index contributed by atoms with van der Waals surface area (Å²) in [5.74, 6) is -2.10. The summed E-state index contributed by atoms with van der Waals surface area (Å²) in [4.78, 5) is 37.6. The molecule has 0 saturated heterocycles. The van der Waals surface area contributed by atoms with Crippen LogP contribution in [0, 0.1) is 11.3 Å². The minimum absolute atomic E-state index is 0.112. The molecule has 6 N–H and O–H groups in total. The first-order valence-corrected chi connectivity index (χ1v) is 10.8. The van der Waals surface area contributed by atoms with Crippen LogP contribution in [0.5, 0.6) is 0 Å². The number of hydrazine groups is 1. The number of guanidine groups is 1. The molecule has 0 aliphatic heterocycles. The van der Waals surface area contributed by atoms with E-state index in [0.717, 1.165) is 42.7 Å². The quantitative estimate of drug-likeness (QED) is 0.111. The number of carboxylic acid groups (broad SMARTS) is 1. The highest BCUT2D eigenvalue weighted by Crippen LogP contribution is 2.25. The molecule has 1 aromatic carbocycles. The van der Waals surface area contributed by atoms with Gasteiger partial charge in [0.15, 0.2) is 5.96 Å². The molecular weight excluding hydrogens is 398 g/mol. The summed E-state index contributed by atoms with van der Waals surface area (Å²) < 4.78 is 0. The average molecular weight is 432 g/mol. The number of benzene rings is 1. The van der Waals surface area contributed by atoms with Gasteiger partial charge in [-0.15, -0.1) is 0 Å². The van der Waals surface area contributed by atoms with Gasteiger partial charge in [0.05, 0.1) is 6.42 Å². The Bertz CT molecular complexity index is 750. The summed E-state index contributed by atoms with van der Waals surface area (Å²) >= 11 is 0. The fourth-order valence-electron chi connectivity index (χ4n) is 3.83. The Morgan fingerprint density at radius 3 is 2.45 bits per heavy atom. The van der Waals surface area contributed by atoms with Crippen LogP contribution in [0.1, 0.15) is 56.9 Å². The van der Waals surface area contributed by atoms with Gasteiger partial charge in [-0.2, -0.15) is 0 Å². The zero-order valence-corrected chi connectivity index (χ0v) is 17.8. The van der Waals surface area contributed by atoms with Crippen molar-refractivity contribution in [1.29, 1.82) is 5.41 Å². The molecule has 0 bridgehead atoms. The predicted molar refractivity (Wildman–Crippen MR) is 117 cm³/mol. The Labute approximate surface area is 182 Å². The van der Waals surface area contributed by atoms with Crippen LogP contribution in [0.2, 0.25) is 0 Å². The molecule has 31 heavy (non-hydrogen) atoms. The molecule has 170 valence electrons. The second-order valence-corrected chi connectivity index (χ2v) is 7.90. The fraction of sp³-hybridized carbons (Fsp3) is 0.545. The van der Waals surface area contributed by atoms with Crippen molar-refractivity contribution in [2.45, 2.75) is 64.0 Å². The maximum Gasteiger partial charge on any atom is 0.328 e. The van der Waals surface area contributed by atoms with Crippen molar-refractivity contribution in [2.75, 3.05) is 6.54 Å². The molecule has 1 atom stereocenters. The molecule has 0 spiro atoms. The number of Topliss-reactive ketones (excluding diaryl/α,β-unsaturated/α-hetero) is 1. The number of hydrogen-bond donors (Lipinski definition) is 5. The summed E-state index contributed by atoms with van der Waals surface area (Å²) in [6.45, 7) is 0.584. The molecule has 1 aliphatic rings. The van der Waals surface area contributed by atoms with Crippen molar-refractivity contribution in [1.82, 2.24) is 15.8 Å². The van der Waals surface area contributed by atoms with Gasteiger partial charge in [-0.3, -0.25) is 20.0 Å². The van der Waals surface area contributed by atoms with Crippen LogP contribution in [0.15, 0.2) is 30.3 Å². The number of aliphatic carboxylic acids is 1. The van der Waals surface area contributed by atoms with Crippen LogP contribution in [0.25, 0.3) is 0 Å². The van der Waals surface area contributed by atoms with Crippen molar-refractivity contribution in [3.63, 3.8) is 0 Å². The molecule has 0 heterocycles. The molecule has 1 saturated carbocycles. The first kappa shape index (κ1) is 24.3. The molecule has 0 radical (unpaired) electrons. The number of nitrogens with zero attached hydrogens (tertiary/aromatic N) is 1. The smallest absolute Gasteiger partial charge is 0.328 e. The summed E-state index contributed by atoms with van der Waals surface area (Å²) in [7, 11) is 0. The van der Waals surface area contributed by atoms with E-state index in [1.165, 1.54) is 0 Å². The lowest BCUT2D eigenvalue weighted by atomic mass is 9.85. The minimum atomic E-state index is -1.15. The van der Waals surface area contributed by atoms with Crippen molar-refractivity contribution >= 4 is 23.6 Å². The number of nitrogens with one attached hydrogen (secondary N) is 3. The van der Waals surface area contributed by atoms with Gasteiger partial charge in [0.1, 0.15) is 11.8 Å². The number of ketones is 1. The zero-order valence-electron chi connectivity index (χ0n) is 17.8. The van der Waals surface area contributed by atoms with E-state index < -0.39 is 17.9 Å². The number of hydrogen-bond acceptors (Lipinski definition) is 5. The highest BCUT2D eigenvalue weighted by Gasteiger charge is 2.32. The van der Waals surface area contributed by atoms with E-state index in [-0.39, 0.29) is 37.0 Å². The van der Waals surface area contributed by atoms with E-state index in [4.69, 9.17) is 11.1 Å². The molecule has 1 aromatic rings. The van der Waals surface area contributed by atoms with Crippen LogP contribution in [0.3, 0.4) is 0 Å². The first-order valence-electron chi connectivity index (χ1n) is 10.8. The van der Waals surface area contributed by atoms with E-state index in [0.29, 0.717) is 13.0 Å². The van der Waals surface area contributed by atoms with Crippen molar-refractivity contribution in [2.24, 2.45) is 11.7 Å². The van der Waals surface area contributed by atoms with Gasteiger partial charge in [0, 0.05) is 19.0 Å². The predicted octanol–water partition coefficient (Wildman–Crippen LogP) is 1.78. The molecule has 2 rings (SSSR count). The summed E-state index contributed by atoms with van der Waals surface area (Å²) in [5, 5.41) is 20.7. The van der Waals surface area contributed by atoms with E-state index >= 15 is 0 Å². The number of carbonyl (C=O) groups excluding carboxylic acids is 2. The molecule has 9 heteroatoms. The average Bonchev–Trinajstić information content (AvgIpc) is 2.76. The molecule has 0 unspecified atom stereocenters. The third-order valence-corrected chi connectivity index (χ3v) is 5.52. The summed E-state index contributed by atoms with van der Waals surface area (Å²) in [6.07, 6.45) is 4.92. The van der Waals surface area contributed by atoms with Gasteiger partial charge in [-0.05, 0) is 31.2 Å². The van der Waals surface area contributed by atoms with Crippen LogP contribution >= 0.6 is 0 Å². The topological polar surface area (TPSA) is 149 Å². The second kappa shape index (κ2) is 12.7. The van der Waals surface area contributed by atoms with Gasteiger partial charge >= 0.3 is 5.97 Å². The highest BCUT2D eigenvalue weighted by atomic mass is 16.4. The van der Waals surface area contributed by atoms with Crippen LogP contribution in [-0.4, -0.2) is 46.3 Å². The van der Waals surface area contributed by atoms with Crippen molar-refractivity contribution < 1.29 is 19.5 Å². The number of amides is 1. The third-order valence-electron chi connectivity index (χ3n) is 5.52. The van der Waals surface area contributed by atoms with E-state index in [1.807, 2.05) is 30.3 Å². The lowest BCUT2D eigenvalue weighted by Gasteiger charge is -2.30. The van der Waals surface area contributed by atoms with Gasteiger partial charge < -0.3 is 16.2 Å². The Hall–Kier alpha value is -2.94. The van der Waals surface area contributed by atoms with Gasteiger partial charge in [0.25, 0.3) is 0 Å². The van der Waals surface area contributed by atoms with E-state index in [1.54, 1.807) is 0 Å². The molecule has 1 fully saturated rings. The Balaban J connectivity index is 2.08. The molecule has 9 nitrogen and oxygen atoms in total. The monoisotopic (exact) mass is 431 g/mol. The SMILES string of the molecule is N=C(N)NCCC[C@@H](C(=O)O)N(NCc1ccccc1)C(=O)CC(=O)C1CCCCC1. The third kappa shape index (κ3) is 8.37. The standard InChI is InChI=1S/C22H33N5O4/c23-22(24)25-13-7-12-18(21(30)31)27(26-15-16-8-3-1-4-9-16)20(29)14-19(28)17-10-5-2-6-11-17/h1,3-4,8-9,17-18,26H,2,5-7,10-15H2,(H,30,31)(H4,23,24,25)/t18-/m0/s1. The second-order valence-electron chi connectivity index (χ2n) is 7.90. The van der Waals surface area contributed by atoms with Crippen LogP contribution in [-0.2, 0) is 20.9 Å². The molecule has 0 aromatic heterocycles. The van der Waals surface area contributed by atoms with Gasteiger partial charge in [-0.25, -0.2) is 10.2 Å². The normalized spacial score (nSPS) is 15.1. The maximum absolute atomic E-state index is 13.0. The number of nitrogens with two attached hydrogens (primary N) is 1. The van der Waals surface area contributed by atoms with Gasteiger partial charge in [-0.1, -0.05) is 49.6 Å². The highest BCUT2D eigenvalue weighted by molar-refractivity contribution is 6.00. The van der Waals surface area contributed by atoms with Crippen LogP contribution in [0.4, 0.5) is 0 Å². The van der Waals surface area contributed by atoms with E-state index in [2.05, 4.69) is 10.7 Å². The fourth-order valence-corrected chi connectivity index (χ4v) is 3.83. The lowest BCUT2D eigenvalue weighted by Crippen LogP contribution is -2.53. The summed E-state index contributed by atoms with van der Waals surface area (Å²) in [6, 6.07) is 8.20. The number of rotatable bonds is 12. The van der Waals surface area contributed by atoms with Crippen molar-refractivity contribution in [3.8, 4) is 0 Å². The molecular formula is C22H33N5O4. The Kier molecular flexibility index (Phi) is 9.96. The number of carboxylic acids is 1. The zero-order chi connectivity index (χ0) is 22.6. The molecule has 1 aliphatic carbocycles. The minimum Gasteiger partial charge on any atom is -0.480 e.